The van der Waals surface area contributed by atoms with Crippen molar-refractivity contribution in [1.29, 1.82) is 0 Å². The Balaban J connectivity index is 1.86. The Labute approximate surface area is 169 Å². The Bertz CT molecular complexity index is 947. The number of pyridine rings is 1. The minimum absolute atomic E-state index is 0.192. The van der Waals surface area contributed by atoms with Crippen molar-refractivity contribution in [1.82, 2.24) is 15.2 Å². The van der Waals surface area contributed by atoms with Crippen LogP contribution < -0.4 is 5.32 Å². The smallest absolute Gasteiger partial charge is 0.247 e. The fourth-order valence-corrected chi connectivity index (χ4v) is 3.07. The lowest BCUT2D eigenvalue weighted by atomic mass is 10.0. The van der Waals surface area contributed by atoms with Crippen molar-refractivity contribution in [2.45, 2.75) is 26.1 Å². The number of nitrogens with one attached hydrogen (secondary N) is 1. The van der Waals surface area contributed by atoms with Crippen molar-refractivity contribution in [2.75, 3.05) is 0 Å². The summed E-state index contributed by atoms with van der Waals surface area (Å²) in [5, 5.41) is 2.91. The van der Waals surface area contributed by atoms with Crippen molar-refractivity contribution in [3.63, 3.8) is 0 Å². The van der Waals surface area contributed by atoms with Gasteiger partial charge in [0.2, 0.25) is 11.8 Å². The molecule has 2 aromatic carbocycles. The van der Waals surface area contributed by atoms with Crippen LogP contribution in [0.3, 0.4) is 0 Å². The summed E-state index contributed by atoms with van der Waals surface area (Å²) in [6, 6.07) is 17.9. The molecule has 3 rings (SSSR count). The highest BCUT2D eigenvalue weighted by Gasteiger charge is 2.29. The van der Waals surface area contributed by atoms with Crippen molar-refractivity contribution < 1.29 is 14.0 Å². The lowest BCUT2D eigenvalue weighted by Crippen LogP contribution is -2.42. The molecule has 0 radical (unpaired) electrons. The summed E-state index contributed by atoms with van der Waals surface area (Å²) in [7, 11) is 0. The normalized spacial score (nSPS) is 11.5. The van der Waals surface area contributed by atoms with Gasteiger partial charge < -0.3 is 10.2 Å². The van der Waals surface area contributed by atoms with Gasteiger partial charge in [-0.05, 0) is 41.0 Å². The van der Waals surface area contributed by atoms with E-state index in [2.05, 4.69) is 10.3 Å². The summed E-state index contributed by atoms with van der Waals surface area (Å²) in [4.78, 5) is 31.1. The maximum absolute atomic E-state index is 13.2. The van der Waals surface area contributed by atoms with E-state index >= 15 is 0 Å². The lowest BCUT2D eigenvalue weighted by molar-refractivity contribution is -0.140. The third kappa shape index (κ3) is 5.48. The molecule has 1 aromatic heterocycles. The van der Waals surface area contributed by atoms with Crippen LogP contribution in [0.2, 0.25) is 0 Å². The Kier molecular flexibility index (Phi) is 6.68. The van der Waals surface area contributed by atoms with Crippen molar-refractivity contribution >= 4 is 11.8 Å². The zero-order chi connectivity index (χ0) is 20.6. The number of hydrogen-bond donors (Lipinski definition) is 1. The molecule has 0 aliphatic carbocycles. The van der Waals surface area contributed by atoms with Crippen LogP contribution in [-0.4, -0.2) is 21.7 Å². The molecule has 1 unspecified atom stereocenters. The van der Waals surface area contributed by atoms with Gasteiger partial charge in [0.25, 0.3) is 0 Å². The molecule has 1 N–H and O–H groups in total. The van der Waals surface area contributed by atoms with Crippen LogP contribution in [0.25, 0.3) is 0 Å². The molecule has 29 heavy (non-hydrogen) atoms. The van der Waals surface area contributed by atoms with Gasteiger partial charge in [-0.25, -0.2) is 4.39 Å². The molecule has 0 fully saturated rings. The van der Waals surface area contributed by atoms with Crippen molar-refractivity contribution in [3.8, 4) is 0 Å². The molecule has 0 spiro atoms. The molecule has 0 saturated heterocycles. The second-order valence-electron chi connectivity index (χ2n) is 6.66. The van der Waals surface area contributed by atoms with E-state index in [1.165, 1.54) is 24.0 Å². The van der Waals surface area contributed by atoms with E-state index in [1.54, 1.807) is 24.5 Å². The van der Waals surface area contributed by atoms with Crippen LogP contribution in [0.15, 0.2) is 79.1 Å². The molecule has 148 valence electrons. The van der Waals surface area contributed by atoms with Gasteiger partial charge in [0.1, 0.15) is 11.9 Å². The fourth-order valence-electron chi connectivity index (χ4n) is 3.07. The summed E-state index contributed by atoms with van der Waals surface area (Å²) in [5.41, 5.74) is 2.36. The first-order valence-electron chi connectivity index (χ1n) is 9.28. The number of carbonyl (C=O) groups excluding carboxylic acids is 2. The highest BCUT2D eigenvalue weighted by Crippen LogP contribution is 2.24. The van der Waals surface area contributed by atoms with Gasteiger partial charge in [0.05, 0.1) is 0 Å². The first kappa shape index (κ1) is 20.2. The number of aromatic nitrogens is 1. The molecule has 1 heterocycles. The third-order valence-corrected chi connectivity index (χ3v) is 4.56. The lowest BCUT2D eigenvalue weighted by Gasteiger charge is -2.30. The van der Waals surface area contributed by atoms with Crippen LogP contribution in [-0.2, 0) is 22.7 Å². The number of rotatable bonds is 7. The summed E-state index contributed by atoms with van der Waals surface area (Å²) < 4.78 is 13.2. The number of carbonyl (C=O) groups is 2. The Morgan fingerprint density at radius 1 is 0.966 bits per heavy atom. The fraction of sp³-hybridized carbons (Fsp3) is 0.174. The second-order valence-corrected chi connectivity index (χ2v) is 6.66. The van der Waals surface area contributed by atoms with E-state index in [0.29, 0.717) is 12.1 Å². The van der Waals surface area contributed by atoms with Gasteiger partial charge in [-0.3, -0.25) is 14.6 Å². The van der Waals surface area contributed by atoms with Crippen LogP contribution in [0.4, 0.5) is 4.39 Å². The minimum Gasteiger partial charge on any atom is -0.350 e. The summed E-state index contributed by atoms with van der Waals surface area (Å²) in [6.07, 6.45) is 3.32. The number of benzene rings is 2. The van der Waals surface area contributed by atoms with Crippen LogP contribution >= 0.6 is 0 Å². The van der Waals surface area contributed by atoms with Gasteiger partial charge in [-0.1, -0.05) is 42.5 Å². The highest BCUT2D eigenvalue weighted by atomic mass is 19.1. The molecule has 0 saturated carbocycles. The second kappa shape index (κ2) is 9.59. The Hall–Kier alpha value is -3.54. The van der Waals surface area contributed by atoms with Gasteiger partial charge in [0, 0.05) is 32.4 Å². The molecular weight excluding hydrogens is 369 g/mol. The SMILES string of the molecule is CC(=O)N(Cc1ccc(F)cc1)C(C(=O)NCc1ccncc1)c1ccccc1. The molecule has 2 amide bonds. The zero-order valence-electron chi connectivity index (χ0n) is 16.1. The van der Waals surface area contributed by atoms with Crippen LogP contribution in [0.5, 0.6) is 0 Å². The molecule has 1 atom stereocenters. The molecule has 5 nitrogen and oxygen atoms in total. The van der Waals surface area contributed by atoms with E-state index in [1.807, 2.05) is 42.5 Å². The number of amides is 2. The van der Waals surface area contributed by atoms with Crippen LogP contribution in [0.1, 0.15) is 29.7 Å². The van der Waals surface area contributed by atoms with Gasteiger partial charge in [0.15, 0.2) is 0 Å². The van der Waals surface area contributed by atoms with Crippen molar-refractivity contribution in [3.05, 3.63) is 102 Å². The monoisotopic (exact) mass is 391 g/mol. The predicted molar refractivity (Wildman–Crippen MR) is 108 cm³/mol. The van der Waals surface area contributed by atoms with Crippen molar-refractivity contribution in [2.24, 2.45) is 0 Å². The maximum atomic E-state index is 13.2. The number of nitrogens with zero attached hydrogens (tertiary/aromatic N) is 2. The van der Waals surface area contributed by atoms with Gasteiger partial charge >= 0.3 is 0 Å². The molecule has 0 bridgehead atoms. The quantitative estimate of drug-likeness (QED) is 0.669. The minimum atomic E-state index is -0.805. The molecule has 0 aliphatic rings. The van der Waals surface area contributed by atoms with E-state index in [9.17, 15) is 14.0 Å². The van der Waals surface area contributed by atoms with Crippen LogP contribution in [0, 0.1) is 5.82 Å². The Morgan fingerprint density at radius 3 is 2.24 bits per heavy atom. The number of halogens is 1. The van der Waals surface area contributed by atoms with Gasteiger partial charge in [-0.15, -0.1) is 0 Å². The van der Waals surface area contributed by atoms with E-state index < -0.39 is 6.04 Å². The Morgan fingerprint density at radius 2 is 1.62 bits per heavy atom. The predicted octanol–water partition coefficient (Wildman–Crippen LogP) is 3.63. The molecule has 6 heteroatoms. The highest BCUT2D eigenvalue weighted by molar-refractivity contribution is 5.88. The first-order valence-corrected chi connectivity index (χ1v) is 9.28. The summed E-state index contributed by atoms with van der Waals surface area (Å²) in [5.74, 6) is -0.884. The third-order valence-electron chi connectivity index (χ3n) is 4.56. The zero-order valence-corrected chi connectivity index (χ0v) is 16.1. The average molecular weight is 391 g/mol. The summed E-state index contributed by atoms with van der Waals surface area (Å²) >= 11 is 0. The largest absolute Gasteiger partial charge is 0.350 e. The van der Waals surface area contributed by atoms with Gasteiger partial charge in [-0.2, -0.15) is 0 Å². The maximum Gasteiger partial charge on any atom is 0.247 e. The van der Waals surface area contributed by atoms with E-state index in [4.69, 9.17) is 0 Å². The molecular formula is C23H22FN3O2. The average Bonchev–Trinajstić information content (AvgIpc) is 2.74. The standard InChI is InChI=1S/C23H22FN3O2/c1-17(28)27(16-19-7-9-21(24)10-8-19)22(20-5-3-2-4-6-20)23(29)26-15-18-11-13-25-14-12-18/h2-14,22H,15-16H2,1H3,(H,26,29). The van der Waals surface area contributed by atoms with E-state index in [-0.39, 0.29) is 24.2 Å². The summed E-state index contributed by atoms with van der Waals surface area (Å²) in [6.45, 7) is 1.94. The topological polar surface area (TPSA) is 62.3 Å². The van der Waals surface area contributed by atoms with E-state index in [0.717, 1.165) is 11.1 Å². The number of hydrogen-bond acceptors (Lipinski definition) is 3. The first-order chi connectivity index (χ1) is 14.0. The molecule has 3 aromatic rings. The molecule has 0 aliphatic heterocycles.